The van der Waals surface area contributed by atoms with E-state index in [-0.39, 0.29) is 10.6 Å². The molecule has 2 N–H and O–H groups in total. The Morgan fingerprint density at radius 1 is 1.24 bits per heavy atom. The Morgan fingerprint density at radius 3 is 2.52 bits per heavy atom. The highest BCUT2D eigenvalue weighted by atomic mass is 32.2. The van der Waals surface area contributed by atoms with Crippen molar-refractivity contribution in [2.24, 2.45) is 0 Å². The number of hydrogen-bond acceptors (Lipinski definition) is 5. The van der Waals surface area contributed by atoms with Crippen molar-refractivity contribution in [3.8, 4) is 0 Å². The summed E-state index contributed by atoms with van der Waals surface area (Å²) in [6.07, 6.45) is 0.944. The van der Waals surface area contributed by atoms with Gasteiger partial charge >= 0.3 is 0 Å². The highest BCUT2D eigenvalue weighted by Crippen LogP contribution is 2.27. The second kappa shape index (κ2) is 5.32. The maximum atomic E-state index is 13.0. The van der Waals surface area contributed by atoms with E-state index in [1.165, 1.54) is 0 Å². The highest BCUT2D eigenvalue weighted by Gasteiger charge is 2.21. The summed E-state index contributed by atoms with van der Waals surface area (Å²) in [6.45, 7) is 0. The van der Waals surface area contributed by atoms with E-state index in [2.05, 4.69) is 4.98 Å². The molecule has 0 aliphatic carbocycles. The molecule has 1 aromatic heterocycles. The second-order valence-corrected chi connectivity index (χ2v) is 5.60. The molecule has 110 valence electrons. The Labute approximate surface area is 117 Å². The van der Waals surface area contributed by atoms with Crippen LogP contribution in [0.1, 0.15) is 0 Å². The number of sulfonamides is 1. The van der Waals surface area contributed by atoms with Crippen molar-refractivity contribution in [2.75, 3.05) is 4.72 Å². The number of rotatable bonds is 4. The molecule has 8 nitrogen and oxygen atoms in total. The topological polar surface area (TPSA) is 122 Å². The van der Waals surface area contributed by atoms with Gasteiger partial charge in [-0.15, -0.1) is 0 Å². The number of benzene rings is 1. The fraction of sp³-hybridized carbons (Fsp3) is 0. The zero-order valence-corrected chi connectivity index (χ0v) is 11.1. The number of pyridine rings is 1. The first kappa shape index (κ1) is 14.7. The Hall–Kier alpha value is -2.75. The molecule has 0 saturated carbocycles. The molecule has 0 amide bonds. The lowest BCUT2D eigenvalue weighted by atomic mass is 10.3. The Kier molecular flexibility index (Phi) is 3.72. The molecule has 0 fully saturated rings. The molecule has 10 heteroatoms. The van der Waals surface area contributed by atoms with Gasteiger partial charge in [-0.3, -0.25) is 19.6 Å². The molecule has 0 spiro atoms. The molecule has 0 aliphatic rings. The van der Waals surface area contributed by atoms with Gasteiger partial charge in [0.1, 0.15) is 16.4 Å². The van der Waals surface area contributed by atoms with Crippen molar-refractivity contribution < 1.29 is 17.7 Å². The maximum absolute atomic E-state index is 13.0. The molecule has 0 unspecified atom stereocenters. The van der Waals surface area contributed by atoms with Gasteiger partial charge in [-0.1, -0.05) is 0 Å². The number of nitrogens with zero attached hydrogens (tertiary/aromatic N) is 1. The lowest BCUT2D eigenvalue weighted by molar-refractivity contribution is -0.384. The Balaban J connectivity index is 2.44. The van der Waals surface area contributed by atoms with Crippen LogP contribution in [0.5, 0.6) is 0 Å². The molecule has 0 saturated heterocycles. The fourth-order valence-electron chi connectivity index (χ4n) is 1.51. The number of nitrogens with one attached hydrogen (secondary N) is 2. The van der Waals surface area contributed by atoms with Crippen LogP contribution in [-0.4, -0.2) is 18.3 Å². The van der Waals surface area contributed by atoms with E-state index < -0.39 is 32.0 Å². The third-order valence-corrected chi connectivity index (χ3v) is 3.83. The minimum absolute atomic E-state index is 0.291. The summed E-state index contributed by atoms with van der Waals surface area (Å²) in [6, 6.07) is 4.46. The normalized spacial score (nSPS) is 11.1. The smallest absolute Gasteiger partial charge is 0.296 e. The minimum Gasteiger partial charge on any atom is -0.328 e. The number of nitro groups is 1. The fourth-order valence-corrected chi connectivity index (χ4v) is 2.55. The first-order valence-corrected chi connectivity index (χ1v) is 6.93. The van der Waals surface area contributed by atoms with Crippen LogP contribution in [0.2, 0.25) is 0 Å². The van der Waals surface area contributed by atoms with Gasteiger partial charge in [-0.25, -0.2) is 12.8 Å². The molecule has 0 radical (unpaired) electrons. The van der Waals surface area contributed by atoms with Gasteiger partial charge in [0.15, 0.2) is 0 Å². The lowest BCUT2D eigenvalue weighted by Crippen LogP contribution is -2.16. The van der Waals surface area contributed by atoms with E-state index in [1.807, 2.05) is 4.72 Å². The van der Waals surface area contributed by atoms with Gasteiger partial charge in [-0.05, 0) is 18.2 Å². The van der Waals surface area contributed by atoms with Crippen molar-refractivity contribution in [3.05, 3.63) is 62.8 Å². The first-order chi connectivity index (χ1) is 9.79. The molecule has 21 heavy (non-hydrogen) atoms. The van der Waals surface area contributed by atoms with Crippen molar-refractivity contribution in [2.45, 2.75) is 4.90 Å². The highest BCUT2D eigenvalue weighted by molar-refractivity contribution is 7.92. The van der Waals surface area contributed by atoms with E-state index in [4.69, 9.17) is 0 Å². The molecule has 1 heterocycles. The van der Waals surface area contributed by atoms with Crippen LogP contribution < -0.4 is 10.3 Å². The molecular formula is C11H8FN3O5S. The summed E-state index contributed by atoms with van der Waals surface area (Å²) in [4.78, 5) is 22.7. The van der Waals surface area contributed by atoms with Crippen LogP contribution >= 0.6 is 0 Å². The quantitative estimate of drug-likeness (QED) is 0.649. The van der Waals surface area contributed by atoms with Crippen molar-refractivity contribution in [1.82, 2.24) is 4.98 Å². The summed E-state index contributed by atoms with van der Waals surface area (Å²) < 4.78 is 39.0. The summed E-state index contributed by atoms with van der Waals surface area (Å²) in [5, 5.41) is 10.8. The number of nitro benzene ring substituents is 1. The number of anilines is 1. The van der Waals surface area contributed by atoms with E-state index in [9.17, 15) is 27.7 Å². The van der Waals surface area contributed by atoms with E-state index in [0.29, 0.717) is 6.07 Å². The molecule has 1 aromatic carbocycles. The zero-order chi connectivity index (χ0) is 15.6. The zero-order valence-electron chi connectivity index (χ0n) is 10.2. The maximum Gasteiger partial charge on any atom is 0.296 e. The van der Waals surface area contributed by atoms with Gasteiger partial charge < -0.3 is 4.98 Å². The van der Waals surface area contributed by atoms with E-state index >= 15 is 0 Å². The number of H-pyrrole nitrogens is 1. The molecule has 0 atom stereocenters. The molecule has 2 rings (SSSR count). The van der Waals surface area contributed by atoms with Crippen molar-refractivity contribution in [1.29, 1.82) is 0 Å². The molecular weight excluding hydrogens is 305 g/mol. The predicted molar refractivity (Wildman–Crippen MR) is 70.9 cm³/mol. The van der Waals surface area contributed by atoms with Crippen LogP contribution in [0, 0.1) is 15.9 Å². The van der Waals surface area contributed by atoms with Gasteiger partial charge in [0.25, 0.3) is 15.7 Å². The number of halogens is 1. The number of hydrogen-bond donors (Lipinski definition) is 2. The predicted octanol–water partition coefficient (Wildman–Crippen LogP) is 1.22. The summed E-state index contributed by atoms with van der Waals surface area (Å²) in [7, 11) is -4.15. The molecule has 0 bridgehead atoms. The molecule has 2 aromatic rings. The van der Waals surface area contributed by atoms with Gasteiger partial charge in [0.05, 0.1) is 11.0 Å². The van der Waals surface area contributed by atoms with Crippen LogP contribution in [-0.2, 0) is 10.0 Å². The number of aromatic nitrogens is 1. The lowest BCUT2D eigenvalue weighted by Gasteiger charge is -2.08. The van der Waals surface area contributed by atoms with Crippen molar-refractivity contribution >= 4 is 21.4 Å². The van der Waals surface area contributed by atoms with Gasteiger partial charge in [0, 0.05) is 12.3 Å². The first-order valence-electron chi connectivity index (χ1n) is 5.45. The summed E-state index contributed by atoms with van der Waals surface area (Å²) in [5.41, 5.74) is -1.60. The van der Waals surface area contributed by atoms with Crippen LogP contribution in [0.4, 0.5) is 15.8 Å². The van der Waals surface area contributed by atoms with E-state index in [0.717, 1.165) is 30.5 Å². The van der Waals surface area contributed by atoms with Crippen molar-refractivity contribution in [3.63, 3.8) is 0 Å². The third-order valence-electron chi connectivity index (χ3n) is 2.47. The van der Waals surface area contributed by atoms with Crippen LogP contribution in [0.25, 0.3) is 0 Å². The average Bonchev–Trinajstić information content (AvgIpc) is 2.41. The minimum atomic E-state index is -4.15. The third kappa shape index (κ3) is 3.23. The average molecular weight is 313 g/mol. The number of aromatic amines is 1. The Bertz CT molecular complexity index is 842. The second-order valence-electron chi connectivity index (χ2n) is 3.91. The van der Waals surface area contributed by atoms with Crippen LogP contribution in [0.3, 0.4) is 0 Å². The Morgan fingerprint density at radius 2 is 1.95 bits per heavy atom. The molecule has 0 aliphatic heterocycles. The summed E-state index contributed by atoms with van der Waals surface area (Å²) in [5.74, 6) is -0.867. The standard InChI is InChI=1S/C11H8FN3O5S/c12-7-1-3-9(10(5-7)15(17)18)14-21(19,20)8-2-4-11(16)13-6-8/h1-6,14H,(H,13,16). The van der Waals surface area contributed by atoms with Gasteiger partial charge in [0.2, 0.25) is 5.56 Å². The monoisotopic (exact) mass is 313 g/mol. The largest absolute Gasteiger partial charge is 0.328 e. The van der Waals surface area contributed by atoms with Crippen LogP contribution in [0.15, 0.2) is 46.2 Å². The van der Waals surface area contributed by atoms with E-state index in [1.54, 1.807) is 0 Å². The van der Waals surface area contributed by atoms with Gasteiger partial charge in [-0.2, -0.15) is 0 Å². The SMILES string of the molecule is O=c1ccc(S(=O)(=O)Nc2ccc(F)cc2[N+](=O)[O-])c[nH]1. The summed E-state index contributed by atoms with van der Waals surface area (Å²) >= 11 is 0.